The van der Waals surface area contributed by atoms with E-state index in [1.165, 1.54) is 17.7 Å². The molecule has 1 saturated heterocycles. The van der Waals surface area contributed by atoms with Crippen LogP contribution in [0.25, 0.3) is 0 Å². The van der Waals surface area contributed by atoms with Crippen LogP contribution >= 0.6 is 35.0 Å². The van der Waals surface area contributed by atoms with Crippen LogP contribution in [0.15, 0.2) is 23.1 Å². The SMILES string of the molecule is Clc1ccc(SC2CCCNC2)cc1Cl. The summed E-state index contributed by atoms with van der Waals surface area (Å²) < 4.78 is 0. The summed E-state index contributed by atoms with van der Waals surface area (Å²) in [6.45, 7) is 2.24. The lowest BCUT2D eigenvalue weighted by Gasteiger charge is -2.22. The fraction of sp³-hybridized carbons (Fsp3) is 0.455. The van der Waals surface area contributed by atoms with E-state index in [2.05, 4.69) is 5.32 Å². The van der Waals surface area contributed by atoms with Gasteiger partial charge in [0.15, 0.2) is 0 Å². The minimum atomic E-state index is 0.628. The molecule has 4 heteroatoms. The standard InChI is InChI=1S/C11H13Cl2NS/c12-10-4-3-8(6-11(10)13)15-9-2-1-5-14-7-9/h3-4,6,9,14H,1-2,5,7H2. The first-order valence-corrected chi connectivity index (χ1v) is 6.72. The molecule has 1 aromatic carbocycles. The van der Waals surface area contributed by atoms with Crippen LogP contribution in [-0.4, -0.2) is 18.3 Å². The third-order valence-electron chi connectivity index (χ3n) is 2.45. The van der Waals surface area contributed by atoms with Gasteiger partial charge in [-0.3, -0.25) is 0 Å². The maximum Gasteiger partial charge on any atom is 0.0603 e. The molecule has 0 amide bonds. The van der Waals surface area contributed by atoms with Gasteiger partial charge in [-0.25, -0.2) is 0 Å². The molecule has 0 radical (unpaired) electrons. The van der Waals surface area contributed by atoms with Gasteiger partial charge in [-0.15, -0.1) is 11.8 Å². The van der Waals surface area contributed by atoms with Crippen molar-refractivity contribution >= 4 is 35.0 Å². The van der Waals surface area contributed by atoms with Gasteiger partial charge in [-0.05, 0) is 37.6 Å². The molecule has 0 bridgehead atoms. The maximum atomic E-state index is 5.97. The molecule has 1 aromatic rings. The molecule has 0 aliphatic carbocycles. The summed E-state index contributed by atoms with van der Waals surface area (Å²) in [6, 6.07) is 5.85. The molecule has 0 aromatic heterocycles. The van der Waals surface area contributed by atoms with E-state index in [0.717, 1.165) is 13.1 Å². The van der Waals surface area contributed by atoms with E-state index in [4.69, 9.17) is 23.2 Å². The number of thioether (sulfide) groups is 1. The average Bonchev–Trinajstić information content (AvgIpc) is 2.25. The van der Waals surface area contributed by atoms with Crippen LogP contribution in [0.4, 0.5) is 0 Å². The highest BCUT2D eigenvalue weighted by molar-refractivity contribution is 8.00. The van der Waals surface area contributed by atoms with Crippen molar-refractivity contribution < 1.29 is 0 Å². The quantitative estimate of drug-likeness (QED) is 0.869. The molecule has 0 saturated carbocycles. The summed E-state index contributed by atoms with van der Waals surface area (Å²) in [5.74, 6) is 0. The lowest BCUT2D eigenvalue weighted by Crippen LogP contribution is -2.31. The number of hydrogen-bond donors (Lipinski definition) is 1. The highest BCUT2D eigenvalue weighted by atomic mass is 35.5. The van der Waals surface area contributed by atoms with Gasteiger partial charge in [-0.1, -0.05) is 23.2 Å². The number of hydrogen-bond acceptors (Lipinski definition) is 2. The van der Waals surface area contributed by atoms with Gasteiger partial charge >= 0.3 is 0 Å². The summed E-state index contributed by atoms with van der Waals surface area (Å²) in [7, 11) is 0. The van der Waals surface area contributed by atoms with E-state index in [-0.39, 0.29) is 0 Å². The van der Waals surface area contributed by atoms with Crippen molar-refractivity contribution in [1.82, 2.24) is 5.32 Å². The van der Waals surface area contributed by atoms with Crippen LogP contribution < -0.4 is 5.32 Å². The van der Waals surface area contributed by atoms with Gasteiger partial charge in [0.2, 0.25) is 0 Å². The summed E-state index contributed by atoms with van der Waals surface area (Å²) in [5, 5.41) is 5.34. The second-order valence-electron chi connectivity index (χ2n) is 3.66. The number of nitrogens with one attached hydrogen (secondary N) is 1. The van der Waals surface area contributed by atoms with Crippen LogP contribution in [0, 0.1) is 0 Å². The van der Waals surface area contributed by atoms with E-state index in [0.29, 0.717) is 15.3 Å². The Bertz CT molecular complexity index is 337. The molecule has 1 unspecified atom stereocenters. The van der Waals surface area contributed by atoms with Gasteiger partial charge in [0, 0.05) is 16.7 Å². The zero-order valence-electron chi connectivity index (χ0n) is 8.30. The topological polar surface area (TPSA) is 12.0 Å². The van der Waals surface area contributed by atoms with Crippen molar-refractivity contribution in [3.8, 4) is 0 Å². The molecule has 15 heavy (non-hydrogen) atoms. The molecule has 1 heterocycles. The maximum absolute atomic E-state index is 5.97. The van der Waals surface area contributed by atoms with E-state index in [1.807, 2.05) is 30.0 Å². The van der Waals surface area contributed by atoms with Gasteiger partial charge in [0.1, 0.15) is 0 Å². The van der Waals surface area contributed by atoms with Crippen LogP contribution in [0.3, 0.4) is 0 Å². The molecule has 82 valence electrons. The van der Waals surface area contributed by atoms with Crippen molar-refractivity contribution in [3.63, 3.8) is 0 Å². The lowest BCUT2D eigenvalue weighted by atomic mass is 10.2. The van der Waals surface area contributed by atoms with Crippen molar-refractivity contribution in [1.29, 1.82) is 0 Å². The molecule has 1 N–H and O–H groups in total. The van der Waals surface area contributed by atoms with E-state index in [1.54, 1.807) is 0 Å². The fourth-order valence-corrected chi connectivity index (χ4v) is 3.23. The molecule has 1 fully saturated rings. The molecule has 1 aliphatic heterocycles. The Balaban J connectivity index is 2.00. The molecule has 1 aliphatic rings. The van der Waals surface area contributed by atoms with Crippen molar-refractivity contribution in [2.45, 2.75) is 23.0 Å². The molecular weight excluding hydrogens is 249 g/mol. The van der Waals surface area contributed by atoms with Crippen molar-refractivity contribution in [2.24, 2.45) is 0 Å². The van der Waals surface area contributed by atoms with E-state index in [9.17, 15) is 0 Å². The second kappa shape index (κ2) is 5.44. The summed E-state index contributed by atoms with van der Waals surface area (Å²) in [6.07, 6.45) is 2.54. The fourth-order valence-electron chi connectivity index (χ4n) is 1.66. The summed E-state index contributed by atoms with van der Waals surface area (Å²) in [4.78, 5) is 1.21. The minimum Gasteiger partial charge on any atom is -0.316 e. The van der Waals surface area contributed by atoms with Crippen LogP contribution in [0.2, 0.25) is 10.0 Å². The van der Waals surface area contributed by atoms with E-state index >= 15 is 0 Å². The van der Waals surface area contributed by atoms with Gasteiger partial charge in [0.05, 0.1) is 10.0 Å². The zero-order valence-corrected chi connectivity index (χ0v) is 10.6. The smallest absolute Gasteiger partial charge is 0.0603 e. The monoisotopic (exact) mass is 261 g/mol. The minimum absolute atomic E-state index is 0.628. The molecule has 2 rings (SSSR count). The Morgan fingerprint density at radius 2 is 2.13 bits per heavy atom. The second-order valence-corrected chi connectivity index (χ2v) is 5.85. The first-order valence-electron chi connectivity index (χ1n) is 5.08. The predicted molar refractivity (Wildman–Crippen MR) is 68.2 cm³/mol. The largest absolute Gasteiger partial charge is 0.316 e. The van der Waals surface area contributed by atoms with Gasteiger partial charge < -0.3 is 5.32 Å². The van der Waals surface area contributed by atoms with Crippen LogP contribution in [0.5, 0.6) is 0 Å². The normalized spacial score (nSPS) is 21.6. The van der Waals surface area contributed by atoms with Crippen molar-refractivity contribution in [3.05, 3.63) is 28.2 Å². The van der Waals surface area contributed by atoms with Crippen LogP contribution in [0.1, 0.15) is 12.8 Å². The van der Waals surface area contributed by atoms with Crippen LogP contribution in [-0.2, 0) is 0 Å². The number of piperidine rings is 1. The lowest BCUT2D eigenvalue weighted by molar-refractivity contribution is 0.531. The number of rotatable bonds is 2. The Morgan fingerprint density at radius 3 is 2.80 bits per heavy atom. The molecule has 1 nitrogen and oxygen atoms in total. The first kappa shape index (κ1) is 11.6. The van der Waals surface area contributed by atoms with Crippen molar-refractivity contribution in [2.75, 3.05) is 13.1 Å². The average molecular weight is 262 g/mol. The summed E-state index contributed by atoms with van der Waals surface area (Å²) >= 11 is 13.7. The highest BCUT2D eigenvalue weighted by Gasteiger charge is 2.14. The Morgan fingerprint density at radius 1 is 1.27 bits per heavy atom. The van der Waals surface area contributed by atoms with Gasteiger partial charge in [-0.2, -0.15) is 0 Å². The number of benzene rings is 1. The Hall–Kier alpha value is 0.110. The first-order chi connectivity index (χ1) is 7.25. The predicted octanol–water partition coefficient (Wildman–Crippen LogP) is 3.84. The Kier molecular flexibility index (Phi) is 4.21. The highest BCUT2D eigenvalue weighted by Crippen LogP contribution is 2.32. The zero-order chi connectivity index (χ0) is 10.7. The molecule has 1 atom stereocenters. The summed E-state index contributed by atoms with van der Waals surface area (Å²) in [5.41, 5.74) is 0. The third kappa shape index (κ3) is 3.28. The third-order valence-corrected chi connectivity index (χ3v) is 4.45. The number of halogens is 2. The molecule has 0 spiro atoms. The van der Waals surface area contributed by atoms with E-state index < -0.39 is 0 Å². The Labute approximate surface area is 105 Å². The molecular formula is C11H13Cl2NS. The van der Waals surface area contributed by atoms with Gasteiger partial charge in [0.25, 0.3) is 0 Å².